The summed E-state index contributed by atoms with van der Waals surface area (Å²) in [6.07, 6.45) is 0.986. The number of aromatic nitrogens is 2. The first-order valence-corrected chi connectivity index (χ1v) is 12.1. The van der Waals surface area contributed by atoms with E-state index in [9.17, 15) is 18.0 Å². The predicted molar refractivity (Wildman–Crippen MR) is 122 cm³/mol. The first-order chi connectivity index (χ1) is 14.7. The molecule has 0 fully saturated rings. The molecule has 0 aliphatic carbocycles. The van der Waals surface area contributed by atoms with Crippen LogP contribution in [0.25, 0.3) is 0 Å². The van der Waals surface area contributed by atoms with E-state index in [4.69, 9.17) is 11.6 Å². The largest absolute Gasteiger partial charge is 0.325 e. The quantitative estimate of drug-likeness (QED) is 0.391. The number of carbonyl (C=O) groups excluding carboxylic acids is 1. The third-order valence-electron chi connectivity index (χ3n) is 4.34. The lowest BCUT2D eigenvalue weighted by Crippen LogP contribution is -2.20. The van der Waals surface area contributed by atoms with Gasteiger partial charge >= 0.3 is 0 Å². The third-order valence-corrected chi connectivity index (χ3v) is 7.21. The minimum Gasteiger partial charge on any atom is -0.325 e. The Bertz CT molecular complexity index is 1260. The molecule has 31 heavy (non-hydrogen) atoms. The maximum absolute atomic E-state index is 12.7. The number of benzene rings is 2. The predicted octanol–water partition coefficient (Wildman–Crippen LogP) is 4.11. The van der Waals surface area contributed by atoms with Gasteiger partial charge in [0.05, 0.1) is 16.8 Å². The fourth-order valence-electron chi connectivity index (χ4n) is 2.68. The van der Waals surface area contributed by atoms with E-state index in [1.807, 2.05) is 24.3 Å². The lowest BCUT2D eigenvalue weighted by atomic mass is 10.0. The highest BCUT2D eigenvalue weighted by atomic mass is 35.5. The number of halogens is 1. The fourth-order valence-corrected chi connectivity index (χ4v) is 4.84. The SMILES string of the molecule is CC(C)c1ccc(NC(=O)CSc2ncc(S(=O)(=O)c3cccc(Cl)c3)c(=O)[nH]2)cc1. The number of aromatic amines is 1. The molecule has 0 bridgehead atoms. The Balaban J connectivity index is 1.66. The summed E-state index contributed by atoms with van der Waals surface area (Å²) in [6, 6.07) is 13.2. The molecule has 0 radical (unpaired) electrons. The second-order valence-corrected chi connectivity index (χ2v) is 10.3. The number of rotatable bonds is 7. The van der Waals surface area contributed by atoms with Crippen molar-refractivity contribution in [2.75, 3.05) is 11.1 Å². The van der Waals surface area contributed by atoms with E-state index in [1.165, 1.54) is 29.8 Å². The monoisotopic (exact) mass is 477 g/mol. The summed E-state index contributed by atoms with van der Waals surface area (Å²) in [5.74, 6) is 0.115. The Kier molecular flexibility index (Phi) is 7.19. The molecule has 0 spiro atoms. The van der Waals surface area contributed by atoms with E-state index >= 15 is 0 Å². The highest BCUT2D eigenvalue weighted by Gasteiger charge is 2.22. The number of nitrogens with one attached hydrogen (secondary N) is 2. The summed E-state index contributed by atoms with van der Waals surface area (Å²) >= 11 is 6.84. The Morgan fingerprint density at radius 3 is 2.52 bits per heavy atom. The van der Waals surface area contributed by atoms with E-state index < -0.39 is 20.3 Å². The van der Waals surface area contributed by atoms with Crippen LogP contribution >= 0.6 is 23.4 Å². The molecule has 3 rings (SSSR count). The molecule has 0 aliphatic heterocycles. The normalized spacial score (nSPS) is 11.5. The highest BCUT2D eigenvalue weighted by molar-refractivity contribution is 7.99. The molecule has 0 atom stereocenters. The maximum atomic E-state index is 12.7. The molecule has 1 amide bonds. The molecule has 0 saturated heterocycles. The summed E-state index contributed by atoms with van der Waals surface area (Å²) in [6.45, 7) is 4.17. The van der Waals surface area contributed by atoms with Gasteiger partial charge in [0.1, 0.15) is 0 Å². The van der Waals surface area contributed by atoms with Gasteiger partial charge in [0.25, 0.3) is 5.56 Å². The number of hydrogen-bond donors (Lipinski definition) is 2. The number of H-pyrrole nitrogens is 1. The zero-order chi connectivity index (χ0) is 22.6. The van der Waals surface area contributed by atoms with Crippen molar-refractivity contribution in [2.24, 2.45) is 0 Å². The summed E-state index contributed by atoms with van der Waals surface area (Å²) in [5.41, 5.74) is 1.02. The van der Waals surface area contributed by atoms with Gasteiger partial charge in [0, 0.05) is 10.7 Å². The first-order valence-electron chi connectivity index (χ1n) is 9.29. The van der Waals surface area contributed by atoms with Crippen LogP contribution in [0.2, 0.25) is 5.02 Å². The van der Waals surface area contributed by atoms with E-state index in [0.29, 0.717) is 11.6 Å². The average molecular weight is 478 g/mol. The van der Waals surface area contributed by atoms with Crippen molar-refractivity contribution in [3.8, 4) is 0 Å². The van der Waals surface area contributed by atoms with Crippen LogP contribution in [0.3, 0.4) is 0 Å². The molecule has 0 unspecified atom stereocenters. The van der Waals surface area contributed by atoms with Crippen LogP contribution in [0.5, 0.6) is 0 Å². The van der Waals surface area contributed by atoms with Gasteiger partial charge < -0.3 is 10.3 Å². The lowest BCUT2D eigenvalue weighted by Gasteiger charge is -2.08. The second-order valence-electron chi connectivity index (χ2n) is 6.96. The van der Waals surface area contributed by atoms with Crippen molar-refractivity contribution < 1.29 is 13.2 Å². The minimum atomic E-state index is -4.07. The van der Waals surface area contributed by atoms with E-state index in [2.05, 4.69) is 29.1 Å². The van der Waals surface area contributed by atoms with Gasteiger partial charge in [-0.2, -0.15) is 0 Å². The van der Waals surface area contributed by atoms with Crippen LogP contribution in [0, 0.1) is 0 Å². The molecule has 2 aromatic carbocycles. The molecule has 2 N–H and O–H groups in total. The van der Waals surface area contributed by atoms with E-state index in [-0.39, 0.29) is 26.7 Å². The molecular weight excluding hydrogens is 458 g/mol. The van der Waals surface area contributed by atoms with Crippen molar-refractivity contribution in [1.29, 1.82) is 0 Å². The van der Waals surface area contributed by atoms with Gasteiger partial charge in [0.15, 0.2) is 10.1 Å². The van der Waals surface area contributed by atoms with E-state index in [1.54, 1.807) is 0 Å². The molecule has 0 aliphatic rings. The molecular formula is C21H20ClN3O4S2. The maximum Gasteiger partial charge on any atom is 0.270 e. The topological polar surface area (TPSA) is 109 Å². The fraction of sp³-hybridized carbons (Fsp3) is 0.190. The van der Waals surface area contributed by atoms with Crippen LogP contribution in [0.15, 0.2) is 74.5 Å². The van der Waals surface area contributed by atoms with Crippen molar-refractivity contribution in [1.82, 2.24) is 9.97 Å². The molecule has 3 aromatic rings. The first kappa shape index (κ1) is 23.1. The van der Waals surface area contributed by atoms with Crippen molar-refractivity contribution in [2.45, 2.75) is 34.7 Å². The third kappa shape index (κ3) is 5.75. The Morgan fingerprint density at radius 2 is 1.90 bits per heavy atom. The average Bonchev–Trinajstić information content (AvgIpc) is 2.72. The van der Waals surface area contributed by atoms with Crippen molar-refractivity contribution in [3.05, 3.63) is 75.7 Å². The number of hydrogen-bond acceptors (Lipinski definition) is 6. The lowest BCUT2D eigenvalue weighted by molar-refractivity contribution is -0.113. The van der Waals surface area contributed by atoms with Gasteiger partial charge in [-0.1, -0.05) is 55.4 Å². The molecule has 1 aromatic heterocycles. The molecule has 7 nitrogen and oxygen atoms in total. The van der Waals surface area contributed by atoms with Crippen LogP contribution < -0.4 is 10.9 Å². The summed E-state index contributed by atoms with van der Waals surface area (Å²) in [4.78, 5) is 30.3. The standard InChI is InChI=1S/C21H20ClN3O4S2/c1-13(2)14-6-8-16(9-7-14)24-19(26)12-30-21-23-11-18(20(27)25-21)31(28,29)17-5-3-4-15(22)10-17/h3-11,13H,12H2,1-2H3,(H,24,26)(H,23,25,27). The molecule has 162 valence electrons. The zero-order valence-corrected chi connectivity index (χ0v) is 19.1. The van der Waals surface area contributed by atoms with Gasteiger partial charge in [0.2, 0.25) is 15.7 Å². The second kappa shape index (κ2) is 9.67. The summed E-state index contributed by atoms with van der Waals surface area (Å²) in [7, 11) is -4.07. The summed E-state index contributed by atoms with van der Waals surface area (Å²) in [5, 5.41) is 3.15. The number of sulfone groups is 1. The van der Waals surface area contributed by atoms with E-state index in [0.717, 1.165) is 18.0 Å². The van der Waals surface area contributed by atoms with Crippen LogP contribution in [0.4, 0.5) is 5.69 Å². The van der Waals surface area contributed by atoms with Gasteiger partial charge in [-0.15, -0.1) is 0 Å². The Morgan fingerprint density at radius 1 is 1.19 bits per heavy atom. The minimum absolute atomic E-state index is 0.00470. The van der Waals surface area contributed by atoms with Crippen LogP contribution in [0.1, 0.15) is 25.3 Å². The van der Waals surface area contributed by atoms with Gasteiger partial charge in [-0.05, 0) is 41.8 Å². The van der Waals surface area contributed by atoms with Crippen LogP contribution in [-0.2, 0) is 14.6 Å². The Labute approximate surface area is 189 Å². The zero-order valence-electron chi connectivity index (χ0n) is 16.8. The number of thioether (sulfide) groups is 1. The number of anilines is 1. The molecule has 10 heteroatoms. The Hall–Kier alpha value is -2.62. The molecule has 1 heterocycles. The van der Waals surface area contributed by atoms with Crippen molar-refractivity contribution in [3.63, 3.8) is 0 Å². The van der Waals surface area contributed by atoms with Gasteiger partial charge in [-0.3, -0.25) is 9.59 Å². The summed E-state index contributed by atoms with van der Waals surface area (Å²) < 4.78 is 25.3. The van der Waals surface area contributed by atoms with Crippen molar-refractivity contribution >= 4 is 44.8 Å². The smallest absolute Gasteiger partial charge is 0.270 e. The number of nitrogens with zero attached hydrogens (tertiary/aromatic N) is 1. The van der Waals surface area contributed by atoms with Crippen LogP contribution in [-0.4, -0.2) is 30.0 Å². The highest BCUT2D eigenvalue weighted by Crippen LogP contribution is 2.22. The number of carbonyl (C=O) groups is 1. The molecule has 0 saturated carbocycles. The number of amides is 1. The van der Waals surface area contributed by atoms with Gasteiger partial charge in [-0.25, -0.2) is 13.4 Å².